The van der Waals surface area contributed by atoms with Gasteiger partial charge in [-0.25, -0.2) is 4.79 Å². The topological polar surface area (TPSA) is 95.6 Å². The number of nitrogens with one attached hydrogen (secondary N) is 3. The first-order chi connectivity index (χ1) is 14.5. The monoisotopic (exact) mass is 437 g/mol. The summed E-state index contributed by atoms with van der Waals surface area (Å²) in [5.74, 6) is -0.203. The van der Waals surface area contributed by atoms with Gasteiger partial charge in [-0.15, -0.1) is 11.3 Å². The van der Waals surface area contributed by atoms with E-state index in [-0.39, 0.29) is 11.6 Å². The normalized spacial score (nSPS) is 11.4. The van der Waals surface area contributed by atoms with Crippen molar-refractivity contribution < 1.29 is 4.79 Å². The van der Waals surface area contributed by atoms with Crippen LogP contribution in [-0.4, -0.2) is 25.7 Å². The quantitative estimate of drug-likeness (QED) is 0.385. The molecule has 0 saturated heterocycles. The SMILES string of the molecule is Cc1nn(Cc2ccc(Cl)cc2)c2sc(C(=O)Nc3ccc4[nH]c(=O)[nH]c4c3)cc12. The molecule has 30 heavy (non-hydrogen) atoms. The Labute approximate surface area is 179 Å². The number of thiophene rings is 1. The van der Waals surface area contributed by atoms with E-state index < -0.39 is 0 Å². The van der Waals surface area contributed by atoms with Gasteiger partial charge in [-0.1, -0.05) is 23.7 Å². The van der Waals surface area contributed by atoms with E-state index in [0.717, 1.165) is 21.5 Å². The second-order valence-electron chi connectivity index (χ2n) is 6.99. The standard InChI is InChI=1S/C21H16ClN5O2S/c1-11-15-9-18(19(28)23-14-6-7-16-17(8-14)25-21(29)24-16)30-20(15)27(26-11)10-12-2-4-13(22)5-3-12/h2-9H,10H2,1H3,(H,23,28)(H2,24,25,29). The Morgan fingerprint density at radius 2 is 1.90 bits per heavy atom. The van der Waals surface area contributed by atoms with Crippen LogP contribution in [0.5, 0.6) is 0 Å². The highest BCUT2D eigenvalue weighted by Gasteiger charge is 2.17. The minimum absolute atomic E-state index is 0.203. The number of aromatic nitrogens is 4. The third-order valence-electron chi connectivity index (χ3n) is 4.85. The Kier molecular flexibility index (Phi) is 4.45. The number of aromatic amines is 2. The molecular formula is C21H16ClN5O2S. The number of aryl methyl sites for hydroxylation is 1. The fourth-order valence-corrected chi connectivity index (χ4v) is 4.58. The number of nitrogens with zero attached hydrogens (tertiary/aromatic N) is 2. The van der Waals surface area contributed by atoms with E-state index in [0.29, 0.717) is 33.2 Å². The van der Waals surface area contributed by atoms with Crippen LogP contribution in [0.25, 0.3) is 21.3 Å². The van der Waals surface area contributed by atoms with E-state index >= 15 is 0 Å². The summed E-state index contributed by atoms with van der Waals surface area (Å²) < 4.78 is 1.91. The average molecular weight is 438 g/mol. The van der Waals surface area contributed by atoms with E-state index in [2.05, 4.69) is 20.4 Å². The van der Waals surface area contributed by atoms with Gasteiger partial charge in [-0.05, 0) is 48.9 Å². The molecule has 7 nitrogen and oxygen atoms in total. The van der Waals surface area contributed by atoms with Gasteiger partial charge < -0.3 is 15.3 Å². The fraction of sp³-hybridized carbons (Fsp3) is 0.0952. The summed E-state index contributed by atoms with van der Waals surface area (Å²) in [7, 11) is 0. The van der Waals surface area contributed by atoms with E-state index in [1.165, 1.54) is 11.3 Å². The number of carbonyl (C=O) groups excluding carboxylic acids is 1. The van der Waals surface area contributed by atoms with Gasteiger partial charge in [0.1, 0.15) is 4.83 Å². The molecule has 0 aliphatic heterocycles. The Morgan fingerprint density at radius 3 is 2.70 bits per heavy atom. The number of rotatable bonds is 4. The molecule has 3 N–H and O–H groups in total. The maximum Gasteiger partial charge on any atom is 0.323 e. The lowest BCUT2D eigenvalue weighted by molar-refractivity contribution is 0.103. The van der Waals surface area contributed by atoms with Crippen molar-refractivity contribution in [2.75, 3.05) is 5.32 Å². The molecule has 0 spiro atoms. The van der Waals surface area contributed by atoms with Crippen LogP contribution in [0.1, 0.15) is 20.9 Å². The van der Waals surface area contributed by atoms with Crippen LogP contribution in [0.15, 0.2) is 53.3 Å². The van der Waals surface area contributed by atoms with Gasteiger partial charge in [0, 0.05) is 16.1 Å². The summed E-state index contributed by atoms with van der Waals surface area (Å²) in [5.41, 5.74) is 3.62. The first kappa shape index (κ1) is 18.7. The zero-order valence-electron chi connectivity index (χ0n) is 15.8. The molecule has 150 valence electrons. The molecule has 0 radical (unpaired) electrons. The van der Waals surface area contributed by atoms with Crippen molar-refractivity contribution in [3.63, 3.8) is 0 Å². The Morgan fingerprint density at radius 1 is 1.13 bits per heavy atom. The van der Waals surface area contributed by atoms with Crippen LogP contribution in [0.2, 0.25) is 5.02 Å². The highest BCUT2D eigenvalue weighted by molar-refractivity contribution is 7.20. The molecule has 3 heterocycles. The molecular weight excluding hydrogens is 422 g/mol. The number of imidazole rings is 1. The number of hydrogen-bond acceptors (Lipinski definition) is 4. The third kappa shape index (κ3) is 3.40. The van der Waals surface area contributed by atoms with Gasteiger partial charge in [0.25, 0.3) is 5.91 Å². The highest BCUT2D eigenvalue weighted by Crippen LogP contribution is 2.29. The van der Waals surface area contributed by atoms with Crippen LogP contribution >= 0.6 is 22.9 Å². The molecule has 0 unspecified atom stereocenters. The van der Waals surface area contributed by atoms with Crippen LogP contribution in [0.3, 0.4) is 0 Å². The minimum Gasteiger partial charge on any atom is -0.321 e. The van der Waals surface area contributed by atoms with Crippen LogP contribution < -0.4 is 11.0 Å². The van der Waals surface area contributed by atoms with Gasteiger partial charge in [-0.3, -0.25) is 9.48 Å². The predicted octanol–water partition coefficient (Wildman–Crippen LogP) is 4.53. The molecule has 3 aromatic heterocycles. The molecule has 1 amide bonds. The van der Waals surface area contributed by atoms with E-state index in [1.807, 2.05) is 41.9 Å². The zero-order valence-corrected chi connectivity index (χ0v) is 17.4. The molecule has 5 rings (SSSR count). The van der Waals surface area contributed by atoms with Crippen molar-refractivity contribution in [3.8, 4) is 0 Å². The van der Waals surface area contributed by atoms with Crippen molar-refractivity contribution in [2.45, 2.75) is 13.5 Å². The number of amides is 1. The van der Waals surface area contributed by atoms with Gasteiger partial charge in [0.05, 0.1) is 28.1 Å². The number of hydrogen-bond donors (Lipinski definition) is 3. The molecule has 0 saturated carbocycles. The molecule has 5 aromatic rings. The summed E-state index contributed by atoms with van der Waals surface area (Å²) in [6, 6.07) is 14.7. The maximum absolute atomic E-state index is 12.8. The summed E-state index contributed by atoms with van der Waals surface area (Å²) in [5, 5.41) is 9.16. The number of fused-ring (bicyclic) bond motifs is 2. The molecule has 0 fully saturated rings. The first-order valence-electron chi connectivity index (χ1n) is 9.21. The van der Waals surface area contributed by atoms with Crippen molar-refractivity contribution in [3.05, 3.63) is 80.2 Å². The Bertz CT molecular complexity index is 1460. The molecule has 0 aliphatic carbocycles. The third-order valence-corrected chi connectivity index (χ3v) is 6.25. The zero-order chi connectivity index (χ0) is 20.8. The lowest BCUT2D eigenvalue weighted by Crippen LogP contribution is -2.10. The fourth-order valence-electron chi connectivity index (χ4n) is 3.40. The maximum atomic E-state index is 12.8. The van der Waals surface area contributed by atoms with Crippen molar-refractivity contribution in [2.24, 2.45) is 0 Å². The lowest BCUT2D eigenvalue weighted by atomic mass is 10.2. The predicted molar refractivity (Wildman–Crippen MR) is 120 cm³/mol. The van der Waals surface area contributed by atoms with Crippen LogP contribution in [0, 0.1) is 6.92 Å². The highest BCUT2D eigenvalue weighted by atomic mass is 35.5. The number of carbonyl (C=O) groups is 1. The molecule has 0 atom stereocenters. The lowest BCUT2D eigenvalue weighted by Gasteiger charge is -2.04. The molecule has 9 heteroatoms. The van der Waals surface area contributed by atoms with Gasteiger partial charge >= 0.3 is 5.69 Å². The number of halogens is 1. The van der Waals surface area contributed by atoms with E-state index in [9.17, 15) is 9.59 Å². The smallest absolute Gasteiger partial charge is 0.321 e. The summed E-state index contributed by atoms with van der Waals surface area (Å²) in [6.07, 6.45) is 0. The molecule has 2 aromatic carbocycles. The Hall–Kier alpha value is -3.36. The Balaban J connectivity index is 1.42. The van der Waals surface area contributed by atoms with Crippen LogP contribution in [-0.2, 0) is 6.54 Å². The van der Waals surface area contributed by atoms with Gasteiger partial charge in [-0.2, -0.15) is 5.10 Å². The van der Waals surface area contributed by atoms with Gasteiger partial charge in [0.2, 0.25) is 0 Å². The second-order valence-corrected chi connectivity index (χ2v) is 8.46. The number of benzene rings is 2. The second kappa shape index (κ2) is 7.16. The van der Waals surface area contributed by atoms with Crippen molar-refractivity contribution in [1.29, 1.82) is 0 Å². The minimum atomic E-state index is -0.279. The first-order valence-corrected chi connectivity index (χ1v) is 10.4. The largest absolute Gasteiger partial charge is 0.323 e. The van der Waals surface area contributed by atoms with Gasteiger partial charge in [0.15, 0.2) is 0 Å². The average Bonchev–Trinajstić information content (AvgIpc) is 3.38. The summed E-state index contributed by atoms with van der Waals surface area (Å²) in [4.78, 5) is 31.1. The van der Waals surface area contributed by atoms with Crippen LogP contribution in [0.4, 0.5) is 5.69 Å². The number of anilines is 1. The number of H-pyrrole nitrogens is 2. The summed E-state index contributed by atoms with van der Waals surface area (Å²) in [6.45, 7) is 2.53. The summed E-state index contributed by atoms with van der Waals surface area (Å²) >= 11 is 7.37. The van der Waals surface area contributed by atoms with E-state index in [4.69, 9.17) is 11.6 Å². The van der Waals surface area contributed by atoms with Crippen molar-refractivity contribution in [1.82, 2.24) is 19.7 Å². The van der Waals surface area contributed by atoms with Crippen molar-refractivity contribution >= 4 is 55.8 Å². The molecule has 0 bridgehead atoms. The van der Waals surface area contributed by atoms with E-state index in [1.54, 1.807) is 18.2 Å². The molecule has 0 aliphatic rings.